The monoisotopic (exact) mass is 677 g/mol. The molecule has 2 heterocycles. The minimum Gasteiger partial charge on any atom is -0.392 e. The summed E-state index contributed by atoms with van der Waals surface area (Å²) < 4.78 is 41.8. The molecule has 2 N–H and O–H groups in total. The van der Waals surface area contributed by atoms with Crippen LogP contribution in [0.2, 0.25) is 0 Å². The maximum atomic E-state index is 12.8. The van der Waals surface area contributed by atoms with Crippen LogP contribution in [0.4, 0.5) is 0 Å². The SMILES string of the molecule is C[C@H]1[C@@H](CN(C)CCc2ccccn2)O[C@@H](c2cccc(-c3cccc(CNS(=O)(=O)c4ccccc4)c3)c2)O[C@H]1c1ccc(CO)cc1. The molecule has 49 heavy (non-hydrogen) atoms. The number of aromatic nitrogens is 1. The number of nitrogens with zero attached hydrogens (tertiary/aromatic N) is 2. The van der Waals surface area contributed by atoms with E-state index in [1.807, 2.05) is 85.1 Å². The highest BCUT2D eigenvalue weighted by Crippen LogP contribution is 2.42. The van der Waals surface area contributed by atoms with Gasteiger partial charge in [0, 0.05) is 49.4 Å². The topological polar surface area (TPSA) is 101 Å². The normalized spacial score (nSPS) is 19.6. The first-order valence-electron chi connectivity index (χ1n) is 16.6. The van der Waals surface area contributed by atoms with E-state index < -0.39 is 16.3 Å². The molecule has 0 radical (unpaired) electrons. The van der Waals surface area contributed by atoms with Crippen molar-refractivity contribution in [3.8, 4) is 11.1 Å². The number of aliphatic hydroxyl groups is 1. The number of likely N-dealkylation sites (N-methyl/N-ethyl adjacent to an activating group) is 1. The fourth-order valence-corrected chi connectivity index (χ4v) is 7.20. The molecule has 0 bridgehead atoms. The largest absolute Gasteiger partial charge is 0.392 e. The van der Waals surface area contributed by atoms with Gasteiger partial charge in [-0.2, -0.15) is 0 Å². The van der Waals surface area contributed by atoms with Crippen LogP contribution < -0.4 is 4.72 Å². The minimum absolute atomic E-state index is 0.0102. The molecule has 1 fully saturated rings. The third-order valence-corrected chi connectivity index (χ3v) is 10.4. The zero-order valence-corrected chi connectivity index (χ0v) is 28.7. The van der Waals surface area contributed by atoms with Gasteiger partial charge in [-0.05, 0) is 71.3 Å². The van der Waals surface area contributed by atoms with Crippen molar-refractivity contribution in [3.63, 3.8) is 0 Å². The van der Waals surface area contributed by atoms with Crippen molar-refractivity contribution < 1.29 is 23.0 Å². The Hall–Kier alpha value is -4.22. The third-order valence-electron chi connectivity index (χ3n) is 9.03. The molecule has 0 amide bonds. The highest BCUT2D eigenvalue weighted by Gasteiger charge is 2.39. The Morgan fingerprint density at radius 1 is 0.796 bits per heavy atom. The number of rotatable bonds is 13. The first-order chi connectivity index (χ1) is 23.8. The average Bonchev–Trinajstić information content (AvgIpc) is 3.15. The standard InChI is InChI=1S/C40H43N3O5S/c1-29-38(27-43(2)23-21-36-14-6-7-22-41-36)47-40(48-39(29)32-19-17-30(28-44)18-20-32)35-13-9-12-34(25-35)33-11-8-10-31(24-33)26-42-49(45,46)37-15-4-3-5-16-37/h3-20,22,24-25,29,38-40,42,44H,21,23,26-28H2,1-2H3/t29-,38+,39+,40+/m0/s1. The minimum atomic E-state index is -3.63. The summed E-state index contributed by atoms with van der Waals surface area (Å²) in [5, 5.41) is 9.61. The zero-order valence-electron chi connectivity index (χ0n) is 27.9. The van der Waals surface area contributed by atoms with Crippen LogP contribution in [-0.4, -0.2) is 49.6 Å². The molecule has 1 aliphatic heterocycles. The molecule has 0 spiro atoms. The summed E-state index contributed by atoms with van der Waals surface area (Å²) in [4.78, 5) is 7.00. The number of benzene rings is 4. The van der Waals surface area contributed by atoms with Gasteiger partial charge in [-0.25, -0.2) is 13.1 Å². The van der Waals surface area contributed by atoms with Crippen molar-refractivity contribution in [2.45, 2.75) is 49.9 Å². The van der Waals surface area contributed by atoms with Gasteiger partial charge in [-0.3, -0.25) is 4.98 Å². The molecule has 1 aromatic heterocycles. The molecule has 4 aromatic carbocycles. The van der Waals surface area contributed by atoms with E-state index in [9.17, 15) is 13.5 Å². The fraction of sp³-hybridized carbons (Fsp3) is 0.275. The number of pyridine rings is 1. The Bertz CT molecular complexity index is 1910. The first-order valence-corrected chi connectivity index (χ1v) is 18.1. The summed E-state index contributed by atoms with van der Waals surface area (Å²) in [6.45, 7) is 3.90. The predicted octanol–water partition coefficient (Wildman–Crippen LogP) is 6.69. The lowest BCUT2D eigenvalue weighted by atomic mass is 9.90. The molecule has 0 unspecified atom stereocenters. The lowest BCUT2D eigenvalue weighted by molar-refractivity contribution is -0.275. The smallest absolute Gasteiger partial charge is 0.240 e. The van der Waals surface area contributed by atoms with Crippen molar-refractivity contribution in [1.29, 1.82) is 0 Å². The number of ether oxygens (including phenoxy) is 2. The zero-order chi connectivity index (χ0) is 34.2. The van der Waals surface area contributed by atoms with E-state index in [1.165, 1.54) is 0 Å². The molecular weight excluding hydrogens is 635 g/mol. The maximum absolute atomic E-state index is 12.8. The third kappa shape index (κ3) is 8.88. The van der Waals surface area contributed by atoms with Crippen molar-refractivity contribution >= 4 is 10.0 Å². The summed E-state index contributed by atoms with van der Waals surface area (Å²) in [5.41, 5.74) is 6.65. The van der Waals surface area contributed by atoms with Crippen LogP contribution in [0.25, 0.3) is 11.1 Å². The van der Waals surface area contributed by atoms with Crippen LogP contribution in [0.15, 0.2) is 132 Å². The Kier molecular flexibility index (Phi) is 11.3. The van der Waals surface area contributed by atoms with E-state index in [0.29, 0.717) is 0 Å². The second kappa shape index (κ2) is 16.0. The van der Waals surface area contributed by atoms with E-state index in [-0.39, 0.29) is 36.2 Å². The Balaban J connectivity index is 1.21. The van der Waals surface area contributed by atoms with E-state index in [4.69, 9.17) is 9.47 Å². The van der Waals surface area contributed by atoms with E-state index in [1.54, 1.807) is 30.3 Å². The van der Waals surface area contributed by atoms with Crippen molar-refractivity contribution in [2.24, 2.45) is 5.92 Å². The lowest BCUT2D eigenvalue weighted by Crippen LogP contribution is -2.43. The van der Waals surface area contributed by atoms with Crippen LogP contribution in [0.5, 0.6) is 0 Å². The van der Waals surface area contributed by atoms with Crippen LogP contribution in [-0.2, 0) is 39.1 Å². The Labute approximate surface area is 289 Å². The summed E-state index contributed by atoms with van der Waals surface area (Å²) in [6.07, 6.45) is 1.74. The molecule has 5 aromatic rings. The molecule has 6 rings (SSSR count). The fourth-order valence-electron chi connectivity index (χ4n) is 6.16. The van der Waals surface area contributed by atoms with Gasteiger partial charge in [0.05, 0.1) is 23.7 Å². The molecule has 8 nitrogen and oxygen atoms in total. The van der Waals surface area contributed by atoms with Crippen LogP contribution in [0.3, 0.4) is 0 Å². The van der Waals surface area contributed by atoms with Gasteiger partial charge in [0.15, 0.2) is 6.29 Å². The van der Waals surface area contributed by atoms with Gasteiger partial charge in [-0.1, -0.05) is 91.9 Å². The average molecular weight is 678 g/mol. The summed E-state index contributed by atoms with van der Waals surface area (Å²) >= 11 is 0. The van der Waals surface area contributed by atoms with E-state index in [2.05, 4.69) is 40.7 Å². The summed E-state index contributed by atoms with van der Waals surface area (Å²) in [7, 11) is -1.51. The van der Waals surface area contributed by atoms with Crippen LogP contribution in [0, 0.1) is 5.92 Å². The predicted molar refractivity (Wildman–Crippen MR) is 191 cm³/mol. The summed E-state index contributed by atoms with van der Waals surface area (Å²) in [6, 6.07) is 38.3. The maximum Gasteiger partial charge on any atom is 0.240 e. The molecular formula is C40H43N3O5S. The number of aliphatic hydroxyl groups excluding tert-OH is 1. The van der Waals surface area contributed by atoms with Gasteiger partial charge in [0.25, 0.3) is 0 Å². The van der Waals surface area contributed by atoms with Gasteiger partial charge in [0.1, 0.15) is 0 Å². The molecule has 1 aliphatic rings. The molecule has 1 saturated heterocycles. The second-order valence-corrected chi connectivity index (χ2v) is 14.4. The van der Waals surface area contributed by atoms with Gasteiger partial charge in [-0.15, -0.1) is 0 Å². The molecule has 254 valence electrons. The highest BCUT2D eigenvalue weighted by atomic mass is 32.2. The van der Waals surface area contributed by atoms with Crippen molar-refractivity contribution in [3.05, 3.63) is 155 Å². The van der Waals surface area contributed by atoms with Crippen LogP contribution in [0.1, 0.15) is 47.3 Å². The highest BCUT2D eigenvalue weighted by molar-refractivity contribution is 7.89. The summed E-state index contributed by atoms with van der Waals surface area (Å²) in [5.74, 6) is 0.0630. The van der Waals surface area contributed by atoms with E-state index >= 15 is 0 Å². The second-order valence-electron chi connectivity index (χ2n) is 12.6. The molecule has 0 aliphatic carbocycles. The van der Waals surface area contributed by atoms with E-state index in [0.717, 1.165) is 58.6 Å². The molecule has 4 atom stereocenters. The Morgan fingerprint density at radius 3 is 2.27 bits per heavy atom. The number of hydrogen-bond acceptors (Lipinski definition) is 7. The quantitative estimate of drug-likeness (QED) is 0.143. The van der Waals surface area contributed by atoms with Crippen LogP contribution >= 0.6 is 0 Å². The Morgan fingerprint density at radius 2 is 1.53 bits per heavy atom. The van der Waals surface area contributed by atoms with Gasteiger partial charge < -0.3 is 19.5 Å². The molecule has 9 heteroatoms. The lowest BCUT2D eigenvalue weighted by Gasteiger charge is -2.42. The van der Waals surface area contributed by atoms with Crippen molar-refractivity contribution in [2.75, 3.05) is 20.1 Å². The molecule has 0 saturated carbocycles. The van der Waals surface area contributed by atoms with Crippen molar-refractivity contribution in [1.82, 2.24) is 14.6 Å². The van der Waals surface area contributed by atoms with Gasteiger partial charge in [0.2, 0.25) is 10.0 Å². The number of nitrogens with one attached hydrogen (secondary N) is 1. The number of sulfonamides is 1. The number of hydrogen-bond donors (Lipinski definition) is 2. The first kappa shape index (κ1) is 34.6. The van der Waals surface area contributed by atoms with Gasteiger partial charge >= 0.3 is 0 Å².